The van der Waals surface area contributed by atoms with Gasteiger partial charge in [-0.15, -0.1) is 33.3 Å². The van der Waals surface area contributed by atoms with Crippen molar-refractivity contribution in [2.75, 3.05) is 31.3 Å². The van der Waals surface area contributed by atoms with Crippen LogP contribution in [0.4, 0.5) is 9.52 Å². The summed E-state index contributed by atoms with van der Waals surface area (Å²) in [6.07, 6.45) is 9.63. The molecule has 1 aromatic heterocycles. The van der Waals surface area contributed by atoms with Gasteiger partial charge < -0.3 is 30.7 Å². The van der Waals surface area contributed by atoms with Crippen LogP contribution in [0.2, 0.25) is 0 Å². The summed E-state index contributed by atoms with van der Waals surface area (Å²) in [5.74, 6) is -3.51. The van der Waals surface area contributed by atoms with E-state index in [9.17, 15) is 28.7 Å². The molecule has 0 unspecified atom stereocenters. The Morgan fingerprint density at radius 2 is 2.04 bits per heavy atom. The summed E-state index contributed by atoms with van der Waals surface area (Å²) in [7, 11) is 0. The van der Waals surface area contributed by atoms with Crippen LogP contribution in [0.15, 0.2) is 79.6 Å². The topological polar surface area (TPSA) is 231 Å². The molecule has 2 atom stereocenters. The summed E-state index contributed by atoms with van der Waals surface area (Å²) in [6, 6.07) is -1.08. The first-order valence-corrected chi connectivity index (χ1v) is 14.5. The average Bonchev–Trinajstić information content (AvgIpc) is 3.68. The van der Waals surface area contributed by atoms with Crippen LogP contribution in [0.3, 0.4) is 0 Å². The van der Waals surface area contributed by atoms with Crippen molar-refractivity contribution >= 4 is 57.6 Å². The van der Waals surface area contributed by atoms with Crippen LogP contribution >= 0.6 is 23.1 Å². The van der Waals surface area contributed by atoms with Crippen molar-refractivity contribution in [2.24, 2.45) is 15.4 Å². The van der Waals surface area contributed by atoms with Crippen molar-refractivity contribution in [3.63, 3.8) is 0 Å². The fourth-order valence-electron chi connectivity index (χ4n) is 4.36. The van der Waals surface area contributed by atoms with Crippen molar-refractivity contribution in [1.82, 2.24) is 25.4 Å². The summed E-state index contributed by atoms with van der Waals surface area (Å²) in [5.41, 5.74) is 6.51. The molecular weight excluding hydrogens is 642 g/mol. The van der Waals surface area contributed by atoms with Gasteiger partial charge >= 0.3 is 29.6 Å². The van der Waals surface area contributed by atoms with Crippen LogP contribution < -0.4 is 51.0 Å². The van der Waals surface area contributed by atoms with E-state index < -0.39 is 48.4 Å². The van der Waals surface area contributed by atoms with Crippen LogP contribution in [-0.2, 0) is 24.0 Å². The summed E-state index contributed by atoms with van der Waals surface area (Å²) in [5, 5.41) is 37.5. The van der Waals surface area contributed by atoms with Gasteiger partial charge in [-0.25, -0.2) is 9.37 Å². The van der Waals surface area contributed by atoms with E-state index in [-0.39, 0.29) is 69.8 Å². The zero-order valence-corrected chi connectivity index (χ0v) is 26.9. The molecule has 0 spiro atoms. The third kappa shape index (κ3) is 7.15. The molecule has 20 heteroatoms. The maximum atomic E-state index is 13.1. The number of nitrogens with one attached hydrogen (secondary N) is 2. The van der Waals surface area contributed by atoms with Crippen LogP contribution in [0.1, 0.15) is 5.69 Å². The molecule has 0 bridgehead atoms. The molecule has 4 aliphatic heterocycles. The molecule has 0 aliphatic carbocycles. The standard InChI is InChI=1S/C25H21FN10O6S2.Na/c26-3-6-42-34-17(16-10-44-25(28)30-16)21(38)31-18-22(39)36-19(24(40)41)13(9-43-23(18)36)8-35-4-1-12(2-5-35)14-7-15(33-32-14)20(37)29-11-27;/h1-2,4-5,7,10,18,23H,3,6,8-9H2,(H2,28,30)(H,29,37)(H,31,38)(H,40,41);/q;+1/p-1/b34-17-;/t18-,23-;/m1./s1. The van der Waals surface area contributed by atoms with Crippen molar-refractivity contribution < 1.29 is 63.1 Å². The Hall–Kier alpha value is -4.35. The third-order valence-electron chi connectivity index (χ3n) is 6.33. The number of carbonyl (C=O) groups is 4. The molecule has 5 rings (SSSR count). The zero-order chi connectivity index (χ0) is 31.4. The molecule has 16 nitrogen and oxygen atoms in total. The second-order valence-electron chi connectivity index (χ2n) is 9.07. The van der Waals surface area contributed by atoms with Gasteiger partial charge in [0.15, 0.2) is 22.7 Å². The monoisotopic (exact) mass is 662 g/mol. The Morgan fingerprint density at radius 1 is 1.29 bits per heavy atom. The quantitative estimate of drug-likeness (QED) is 0.0421. The number of carboxylic acids is 1. The van der Waals surface area contributed by atoms with E-state index in [0.717, 1.165) is 16.2 Å². The SMILES string of the molecule is N#CNC(=O)C1=CC(=C2C=CN(CC3=C(C(=O)[O-])N4C(=O)[C@@H](NC(=O)/C(=N\OCCF)c5csc(N)n5)[C@H]4SC3)C=C2)N=N1.[Na+]. The van der Waals surface area contributed by atoms with Crippen molar-refractivity contribution in [3.8, 4) is 6.19 Å². The number of allylic oxidation sites excluding steroid dienone is 4. The molecule has 226 valence electrons. The number of thioether (sulfide) groups is 1. The predicted octanol–water partition coefficient (Wildman–Crippen LogP) is -3.63. The Bertz CT molecular complexity index is 1680. The Balaban J connectivity index is 0.00000461. The largest absolute Gasteiger partial charge is 1.00 e. The van der Waals surface area contributed by atoms with Gasteiger partial charge in [0.05, 0.1) is 17.4 Å². The maximum Gasteiger partial charge on any atom is 1.00 e. The maximum absolute atomic E-state index is 13.1. The van der Waals surface area contributed by atoms with Gasteiger partial charge in [0.1, 0.15) is 30.4 Å². The first kappa shape index (κ1) is 33.5. The molecule has 0 radical (unpaired) electrons. The number of nitriles is 1. The van der Waals surface area contributed by atoms with E-state index in [4.69, 9.17) is 15.8 Å². The number of hydrogen-bond donors (Lipinski definition) is 3. The van der Waals surface area contributed by atoms with Crippen LogP contribution in [0.25, 0.3) is 0 Å². The molecule has 0 aromatic carbocycles. The number of azo groups is 1. The van der Waals surface area contributed by atoms with E-state index in [1.807, 2.05) is 5.32 Å². The van der Waals surface area contributed by atoms with E-state index >= 15 is 0 Å². The number of aliphatic carboxylic acids is 1. The van der Waals surface area contributed by atoms with Gasteiger partial charge in [-0.1, -0.05) is 5.16 Å². The van der Waals surface area contributed by atoms with Gasteiger partial charge in [-0.05, 0) is 23.8 Å². The smallest absolute Gasteiger partial charge is 0.543 e. The van der Waals surface area contributed by atoms with Crippen LogP contribution in [0.5, 0.6) is 0 Å². The van der Waals surface area contributed by atoms with Gasteiger partial charge in [-0.3, -0.25) is 24.6 Å². The normalized spacial score (nSPS) is 20.2. The number of aromatic nitrogens is 1. The minimum Gasteiger partial charge on any atom is -0.543 e. The number of thiazole rings is 1. The van der Waals surface area contributed by atoms with Gasteiger partial charge in [0.2, 0.25) is 0 Å². The van der Waals surface area contributed by atoms with Crippen molar-refractivity contribution in [2.45, 2.75) is 11.4 Å². The van der Waals surface area contributed by atoms with E-state index in [1.165, 1.54) is 29.4 Å². The first-order valence-electron chi connectivity index (χ1n) is 12.6. The van der Waals surface area contributed by atoms with Gasteiger partial charge in [0.25, 0.3) is 17.7 Å². The minimum atomic E-state index is -1.55. The average molecular weight is 663 g/mol. The fraction of sp³-hybridized carbons (Fsp3) is 0.240. The number of fused-ring (bicyclic) bond motifs is 1. The molecule has 3 amide bonds. The fourth-order valence-corrected chi connectivity index (χ4v) is 6.25. The Morgan fingerprint density at radius 3 is 2.69 bits per heavy atom. The summed E-state index contributed by atoms with van der Waals surface area (Å²) < 4.78 is 12.5. The number of amides is 3. The number of β-lactam (4-membered cyclic amide) rings is 1. The number of nitrogen functional groups attached to an aromatic ring is 1. The molecule has 1 aromatic rings. The van der Waals surface area contributed by atoms with Crippen LogP contribution in [-0.4, -0.2) is 81.2 Å². The number of halogens is 1. The number of nitrogens with zero attached hydrogens (tertiary/aromatic N) is 7. The number of hydrogen-bond acceptors (Lipinski definition) is 15. The predicted molar refractivity (Wildman–Crippen MR) is 151 cm³/mol. The molecule has 45 heavy (non-hydrogen) atoms. The molecule has 4 N–H and O–H groups in total. The number of carboxylic acid groups (broad SMARTS) is 1. The molecule has 1 saturated heterocycles. The number of alkyl halides is 1. The number of carbonyl (C=O) groups excluding carboxylic acids is 4. The van der Waals surface area contributed by atoms with Gasteiger partial charge in [0, 0.05) is 35.7 Å². The summed E-state index contributed by atoms with van der Waals surface area (Å²) in [6.45, 7) is -1.14. The molecule has 4 aliphatic rings. The van der Waals surface area contributed by atoms with E-state index in [2.05, 4.69) is 25.7 Å². The third-order valence-corrected chi connectivity index (χ3v) is 8.35. The van der Waals surface area contributed by atoms with Gasteiger partial charge in [-0.2, -0.15) is 5.26 Å². The summed E-state index contributed by atoms with van der Waals surface area (Å²) in [4.78, 5) is 61.6. The number of oxime groups is 1. The van der Waals surface area contributed by atoms with E-state index in [0.29, 0.717) is 16.8 Å². The minimum absolute atomic E-state index is 0. The molecule has 5 heterocycles. The van der Waals surface area contributed by atoms with Crippen LogP contribution in [0, 0.1) is 11.5 Å². The zero-order valence-electron chi connectivity index (χ0n) is 23.3. The number of nitrogens with two attached hydrogens (primary N) is 1. The van der Waals surface area contributed by atoms with E-state index in [1.54, 1.807) is 29.5 Å². The second kappa shape index (κ2) is 14.6. The Kier molecular flexibility index (Phi) is 10.9. The second-order valence-corrected chi connectivity index (χ2v) is 11.1. The first-order chi connectivity index (χ1) is 21.2. The van der Waals surface area contributed by atoms with Crippen molar-refractivity contribution in [3.05, 3.63) is 69.9 Å². The Labute approximate surface area is 284 Å². The van der Waals surface area contributed by atoms with Crippen molar-refractivity contribution in [1.29, 1.82) is 5.26 Å². The number of anilines is 1. The summed E-state index contributed by atoms with van der Waals surface area (Å²) >= 11 is 2.29. The molecular formula is C25H20FN10NaO6S2. The molecule has 1 fully saturated rings. The molecule has 0 saturated carbocycles. The number of rotatable bonds is 10.